The number of carbonyl (C=O) groups excluding carboxylic acids is 2. The molecule has 0 atom stereocenters. The summed E-state index contributed by atoms with van der Waals surface area (Å²) < 4.78 is 5.68. The minimum atomic E-state index is -0.505. The summed E-state index contributed by atoms with van der Waals surface area (Å²) in [5.74, 6) is -0.0231. The smallest absolute Gasteiger partial charge is 0.256 e. The third-order valence-corrected chi connectivity index (χ3v) is 5.56. The van der Waals surface area contributed by atoms with Gasteiger partial charge in [0, 0.05) is 16.7 Å². The van der Waals surface area contributed by atoms with Gasteiger partial charge in [-0.25, -0.2) is 0 Å². The van der Waals surface area contributed by atoms with E-state index in [1.54, 1.807) is 36.4 Å². The van der Waals surface area contributed by atoms with Crippen LogP contribution in [0.15, 0.2) is 72.1 Å². The number of benzene rings is 2. The molecule has 0 aliphatic heterocycles. The number of allylic oxidation sites excluding steroid dienone is 1. The van der Waals surface area contributed by atoms with Crippen LogP contribution in [-0.2, 0) is 0 Å². The van der Waals surface area contributed by atoms with E-state index in [9.17, 15) is 9.59 Å². The van der Waals surface area contributed by atoms with Crippen LogP contribution in [0.3, 0.4) is 0 Å². The minimum Gasteiger partial charge on any atom is -0.490 e. The van der Waals surface area contributed by atoms with Gasteiger partial charge in [0.1, 0.15) is 17.4 Å². The lowest BCUT2D eigenvalue weighted by molar-refractivity contribution is 0.0998. The van der Waals surface area contributed by atoms with Crippen LogP contribution < -0.4 is 15.8 Å². The van der Waals surface area contributed by atoms with E-state index in [1.165, 1.54) is 24.2 Å². The van der Waals surface area contributed by atoms with Crippen LogP contribution in [0, 0.1) is 0 Å². The molecule has 2 aromatic carbocycles. The highest BCUT2D eigenvalue weighted by atomic mass is 32.1. The number of hydrogen-bond acceptors (Lipinski definition) is 4. The number of unbranched alkanes of at least 4 members (excludes halogenated alkanes) is 2. The number of nitrogens with one attached hydrogen (secondary N) is 1. The number of amides is 2. The molecule has 3 aromatic rings. The summed E-state index contributed by atoms with van der Waals surface area (Å²) in [7, 11) is 0. The third-order valence-electron chi connectivity index (χ3n) is 4.73. The Morgan fingerprint density at radius 2 is 1.81 bits per heavy atom. The standard InChI is InChI=1S/C25H26N2O3S/c1-2-3-4-5-8-16-30-19-13-11-18(12-14-19)24(29)27-25-22(15-17-31-25)20-9-6-7-10-21(20)23(26)28/h5-15,17H,2-4,16H2,1H3,(H2,26,28)(H,27,29)/b8-5+. The Morgan fingerprint density at radius 1 is 1.03 bits per heavy atom. The van der Waals surface area contributed by atoms with Crippen LogP contribution in [0.2, 0.25) is 0 Å². The molecule has 0 radical (unpaired) electrons. The zero-order valence-corrected chi connectivity index (χ0v) is 18.3. The largest absolute Gasteiger partial charge is 0.490 e. The molecule has 6 heteroatoms. The first-order valence-electron chi connectivity index (χ1n) is 10.3. The highest BCUT2D eigenvalue weighted by Gasteiger charge is 2.16. The van der Waals surface area contributed by atoms with E-state index < -0.39 is 5.91 Å². The Kier molecular flexibility index (Phi) is 8.01. The second-order valence-electron chi connectivity index (χ2n) is 6.98. The second-order valence-corrected chi connectivity index (χ2v) is 7.89. The monoisotopic (exact) mass is 434 g/mol. The lowest BCUT2D eigenvalue weighted by Crippen LogP contribution is -2.13. The quantitative estimate of drug-likeness (QED) is 0.308. The first kappa shape index (κ1) is 22.3. The highest BCUT2D eigenvalue weighted by Crippen LogP contribution is 2.35. The first-order chi connectivity index (χ1) is 15.1. The Hall–Kier alpha value is -3.38. The third kappa shape index (κ3) is 6.06. The molecule has 0 aliphatic carbocycles. The summed E-state index contributed by atoms with van der Waals surface area (Å²) in [6.07, 6.45) is 7.56. The number of thiophene rings is 1. The molecule has 0 bridgehead atoms. The first-order valence-corrected chi connectivity index (χ1v) is 11.1. The van der Waals surface area contributed by atoms with Gasteiger partial charge in [0.05, 0.1) is 0 Å². The second kappa shape index (κ2) is 11.1. The summed E-state index contributed by atoms with van der Waals surface area (Å²) in [6, 6.07) is 16.0. The number of carbonyl (C=O) groups is 2. The molecular weight excluding hydrogens is 408 g/mol. The predicted octanol–water partition coefficient (Wildman–Crippen LogP) is 5.89. The zero-order chi connectivity index (χ0) is 22.1. The van der Waals surface area contributed by atoms with Gasteiger partial charge >= 0.3 is 0 Å². The van der Waals surface area contributed by atoms with Gasteiger partial charge in [-0.05, 0) is 53.8 Å². The van der Waals surface area contributed by atoms with Gasteiger partial charge in [-0.2, -0.15) is 0 Å². The fraction of sp³-hybridized carbons (Fsp3) is 0.200. The Bertz CT molecular complexity index is 1050. The maximum absolute atomic E-state index is 12.7. The highest BCUT2D eigenvalue weighted by molar-refractivity contribution is 7.15. The number of nitrogens with two attached hydrogens (primary N) is 1. The van der Waals surface area contributed by atoms with E-state index in [0.29, 0.717) is 34.0 Å². The molecule has 31 heavy (non-hydrogen) atoms. The topological polar surface area (TPSA) is 81.4 Å². The van der Waals surface area contributed by atoms with Gasteiger partial charge in [0.15, 0.2) is 0 Å². The molecule has 0 spiro atoms. The molecule has 0 saturated carbocycles. The average Bonchev–Trinajstić information content (AvgIpc) is 3.24. The van der Waals surface area contributed by atoms with Crippen molar-refractivity contribution in [2.75, 3.05) is 11.9 Å². The van der Waals surface area contributed by atoms with E-state index in [2.05, 4.69) is 18.3 Å². The summed E-state index contributed by atoms with van der Waals surface area (Å²) in [4.78, 5) is 24.5. The molecule has 5 nitrogen and oxygen atoms in total. The molecule has 3 N–H and O–H groups in total. The van der Waals surface area contributed by atoms with Crippen LogP contribution in [0.25, 0.3) is 11.1 Å². The predicted molar refractivity (Wildman–Crippen MR) is 127 cm³/mol. The van der Waals surface area contributed by atoms with E-state index >= 15 is 0 Å². The number of hydrogen-bond donors (Lipinski definition) is 2. The van der Waals surface area contributed by atoms with E-state index in [0.717, 1.165) is 12.0 Å². The molecule has 0 unspecified atom stereocenters. The summed E-state index contributed by atoms with van der Waals surface area (Å²) in [5, 5.41) is 5.47. The molecule has 0 saturated heterocycles. The number of rotatable bonds is 10. The SMILES string of the molecule is CCCC/C=C/COc1ccc(C(=O)Nc2sccc2-c2ccccc2C(N)=O)cc1. The van der Waals surface area contributed by atoms with Crippen molar-refractivity contribution in [2.45, 2.75) is 26.2 Å². The molecule has 3 rings (SSSR count). The molecule has 0 fully saturated rings. The van der Waals surface area contributed by atoms with Crippen molar-refractivity contribution in [3.05, 3.63) is 83.3 Å². The number of ether oxygens (including phenoxy) is 1. The van der Waals surface area contributed by atoms with Crippen LogP contribution in [0.1, 0.15) is 46.9 Å². The van der Waals surface area contributed by atoms with Crippen LogP contribution in [-0.4, -0.2) is 18.4 Å². The van der Waals surface area contributed by atoms with Crippen molar-refractivity contribution in [1.82, 2.24) is 0 Å². The van der Waals surface area contributed by atoms with Crippen molar-refractivity contribution in [3.63, 3.8) is 0 Å². The van der Waals surface area contributed by atoms with Gasteiger partial charge in [0.25, 0.3) is 5.91 Å². The summed E-state index contributed by atoms with van der Waals surface area (Å²) in [5.41, 5.74) is 7.91. The maximum Gasteiger partial charge on any atom is 0.256 e. The summed E-state index contributed by atoms with van der Waals surface area (Å²) in [6.45, 7) is 2.67. The van der Waals surface area contributed by atoms with Crippen molar-refractivity contribution in [2.24, 2.45) is 5.73 Å². The van der Waals surface area contributed by atoms with Gasteiger partial charge in [-0.1, -0.05) is 50.1 Å². The maximum atomic E-state index is 12.7. The summed E-state index contributed by atoms with van der Waals surface area (Å²) >= 11 is 1.39. The minimum absolute atomic E-state index is 0.230. The van der Waals surface area contributed by atoms with Gasteiger partial charge in [-0.15, -0.1) is 11.3 Å². The van der Waals surface area contributed by atoms with Gasteiger partial charge < -0.3 is 15.8 Å². The van der Waals surface area contributed by atoms with Crippen molar-refractivity contribution >= 4 is 28.2 Å². The fourth-order valence-corrected chi connectivity index (χ4v) is 3.88. The van der Waals surface area contributed by atoms with E-state index in [-0.39, 0.29) is 5.91 Å². The lowest BCUT2D eigenvalue weighted by Gasteiger charge is -2.10. The van der Waals surface area contributed by atoms with Crippen molar-refractivity contribution < 1.29 is 14.3 Å². The number of anilines is 1. The molecular formula is C25H26N2O3S. The fourth-order valence-electron chi connectivity index (χ4n) is 3.08. The van der Waals surface area contributed by atoms with Crippen LogP contribution in [0.4, 0.5) is 5.00 Å². The molecule has 2 amide bonds. The van der Waals surface area contributed by atoms with E-state index in [1.807, 2.05) is 29.7 Å². The molecule has 160 valence electrons. The lowest BCUT2D eigenvalue weighted by atomic mass is 10.0. The normalized spacial score (nSPS) is 10.9. The van der Waals surface area contributed by atoms with Crippen LogP contribution >= 0.6 is 11.3 Å². The van der Waals surface area contributed by atoms with Gasteiger partial charge in [-0.3, -0.25) is 9.59 Å². The van der Waals surface area contributed by atoms with Crippen molar-refractivity contribution in [3.8, 4) is 16.9 Å². The van der Waals surface area contributed by atoms with Gasteiger partial charge in [0.2, 0.25) is 5.91 Å². The zero-order valence-electron chi connectivity index (χ0n) is 17.5. The van der Waals surface area contributed by atoms with E-state index in [4.69, 9.17) is 10.5 Å². The average molecular weight is 435 g/mol. The molecule has 1 aromatic heterocycles. The Balaban J connectivity index is 1.65. The molecule has 0 aliphatic rings. The van der Waals surface area contributed by atoms with Crippen LogP contribution in [0.5, 0.6) is 5.75 Å². The molecule has 1 heterocycles. The van der Waals surface area contributed by atoms with Crippen molar-refractivity contribution in [1.29, 1.82) is 0 Å². The Morgan fingerprint density at radius 3 is 2.55 bits per heavy atom. The Labute approximate surface area is 186 Å². The number of primary amides is 1.